The van der Waals surface area contributed by atoms with E-state index in [9.17, 15) is 0 Å². The van der Waals surface area contributed by atoms with Crippen molar-refractivity contribution in [2.24, 2.45) is 0 Å². The first-order valence-corrected chi connectivity index (χ1v) is 9.52. The number of likely N-dealkylation sites (tertiary alicyclic amines) is 1. The molecule has 3 heterocycles. The molecule has 0 saturated carbocycles. The monoisotopic (exact) mass is 350 g/mol. The molecular formula is C22H26N2O2. The van der Waals surface area contributed by atoms with Gasteiger partial charge in [0.2, 0.25) is 5.88 Å². The highest BCUT2D eigenvalue weighted by Crippen LogP contribution is 2.30. The van der Waals surface area contributed by atoms with Gasteiger partial charge in [-0.15, -0.1) is 0 Å². The van der Waals surface area contributed by atoms with Crippen LogP contribution in [0.2, 0.25) is 0 Å². The van der Waals surface area contributed by atoms with Crippen molar-refractivity contribution in [3.8, 4) is 11.6 Å². The van der Waals surface area contributed by atoms with Crippen LogP contribution in [0.3, 0.4) is 0 Å². The molecule has 2 aromatic rings. The van der Waals surface area contributed by atoms with E-state index in [1.807, 2.05) is 44.3 Å². The molecule has 1 aromatic carbocycles. The van der Waals surface area contributed by atoms with Gasteiger partial charge in [-0.25, -0.2) is 4.98 Å². The maximum atomic E-state index is 6.06. The molecule has 0 unspecified atom stereocenters. The van der Waals surface area contributed by atoms with E-state index in [1.54, 1.807) is 0 Å². The molecule has 0 aliphatic carbocycles. The van der Waals surface area contributed by atoms with Crippen LogP contribution in [0.15, 0.2) is 42.6 Å². The van der Waals surface area contributed by atoms with Crippen LogP contribution in [0, 0.1) is 0 Å². The number of aromatic nitrogens is 1. The third-order valence-electron chi connectivity index (χ3n) is 4.81. The van der Waals surface area contributed by atoms with Gasteiger partial charge in [-0.2, -0.15) is 0 Å². The van der Waals surface area contributed by atoms with Crippen LogP contribution in [0.4, 0.5) is 0 Å². The third-order valence-corrected chi connectivity index (χ3v) is 4.81. The summed E-state index contributed by atoms with van der Waals surface area (Å²) in [6.07, 6.45) is 7.76. The normalized spacial score (nSPS) is 17.0. The Bertz CT molecular complexity index is 790. The molecule has 2 aliphatic rings. The highest BCUT2D eigenvalue weighted by atomic mass is 16.5. The predicted octanol–water partition coefficient (Wildman–Crippen LogP) is 4.44. The van der Waals surface area contributed by atoms with Gasteiger partial charge in [-0.3, -0.25) is 4.90 Å². The average Bonchev–Trinajstić information content (AvgIpc) is 3.14. The molecule has 4 nitrogen and oxygen atoms in total. The zero-order valence-electron chi connectivity index (χ0n) is 15.6. The van der Waals surface area contributed by atoms with Crippen molar-refractivity contribution in [1.82, 2.24) is 9.88 Å². The lowest BCUT2D eigenvalue weighted by Gasteiger charge is -2.20. The Balaban J connectivity index is 1.45. The van der Waals surface area contributed by atoms with Gasteiger partial charge in [0, 0.05) is 23.9 Å². The molecule has 26 heavy (non-hydrogen) atoms. The fraction of sp³-hybridized carbons (Fsp3) is 0.409. The first-order chi connectivity index (χ1) is 12.7. The van der Waals surface area contributed by atoms with Crippen molar-refractivity contribution >= 4 is 5.76 Å². The number of hydrogen-bond donors (Lipinski definition) is 0. The standard InChI is InChI=1S/C22H26N2O2/c1-16(2)25-20-8-5-18(6-9-20)21-10-7-19-13-17(14-23-22(19)26-21)15-24-11-3-4-12-24/h5-6,8-10,13-14,16H,3-4,7,11-12,15H2,1-2H3. The Morgan fingerprint density at radius 1 is 1.15 bits per heavy atom. The second kappa shape index (κ2) is 7.50. The molecule has 0 atom stereocenters. The molecule has 0 spiro atoms. The first-order valence-electron chi connectivity index (χ1n) is 9.52. The number of nitrogens with zero attached hydrogens (tertiary/aromatic N) is 2. The number of hydrogen-bond acceptors (Lipinski definition) is 4. The van der Waals surface area contributed by atoms with E-state index >= 15 is 0 Å². The van der Waals surface area contributed by atoms with E-state index in [2.05, 4.69) is 22.0 Å². The highest BCUT2D eigenvalue weighted by molar-refractivity contribution is 5.65. The summed E-state index contributed by atoms with van der Waals surface area (Å²) in [4.78, 5) is 7.07. The van der Waals surface area contributed by atoms with E-state index in [1.165, 1.54) is 37.1 Å². The minimum atomic E-state index is 0.178. The summed E-state index contributed by atoms with van der Waals surface area (Å²) in [7, 11) is 0. The Kier molecular flexibility index (Phi) is 4.93. The lowest BCUT2D eigenvalue weighted by molar-refractivity contribution is 0.242. The van der Waals surface area contributed by atoms with E-state index in [0.29, 0.717) is 0 Å². The van der Waals surface area contributed by atoms with Crippen LogP contribution >= 0.6 is 0 Å². The van der Waals surface area contributed by atoms with E-state index in [4.69, 9.17) is 9.47 Å². The number of ether oxygens (including phenoxy) is 2. The molecule has 1 aromatic heterocycles. The molecule has 4 rings (SSSR count). The Labute approximate surface area is 155 Å². The average molecular weight is 350 g/mol. The topological polar surface area (TPSA) is 34.6 Å². The number of benzene rings is 1. The summed E-state index contributed by atoms with van der Waals surface area (Å²) < 4.78 is 11.8. The number of fused-ring (bicyclic) bond motifs is 1. The van der Waals surface area contributed by atoms with Crippen molar-refractivity contribution in [3.05, 3.63) is 59.3 Å². The third kappa shape index (κ3) is 3.91. The van der Waals surface area contributed by atoms with Gasteiger partial charge in [-0.1, -0.05) is 0 Å². The summed E-state index contributed by atoms with van der Waals surface area (Å²) in [6, 6.07) is 10.3. The smallest absolute Gasteiger partial charge is 0.222 e. The van der Waals surface area contributed by atoms with Crippen molar-refractivity contribution in [1.29, 1.82) is 0 Å². The van der Waals surface area contributed by atoms with Crippen molar-refractivity contribution in [2.45, 2.75) is 45.8 Å². The molecule has 1 fully saturated rings. The molecule has 0 radical (unpaired) electrons. The van der Waals surface area contributed by atoms with Gasteiger partial charge < -0.3 is 9.47 Å². The SMILES string of the molecule is CC(C)Oc1ccc(C2=CCc3cc(CN4CCCC4)cnc3O2)cc1. The predicted molar refractivity (Wildman–Crippen MR) is 103 cm³/mol. The maximum absolute atomic E-state index is 6.06. The molecule has 0 N–H and O–H groups in total. The summed E-state index contributed by atoms with van der Waals surface area (Å²) in [6.45, 7) is 7.46. The molecule has 136 valence electrons. The Hall–Kier alpha value is -2.33. The lowest BCUT2D eigenvalue weighted by Crippen LogP contribution is -2.18. The second-order valence-corrected chi connectivity index (χ2v) is 7.36. The minimum Gasteiger partial charge on any atom is -0.491 e. The van der Waals surface area contributed by atoms with Crippen LogP contribution in [-0.4, -0.2) is 29.1 Å². The molecule has 4 heteroatoms. The second-order valence-electron chi connectivity index (χ2n) is 7.36. The van der Waals surface area contributed by atoms with E-state index in [-0.39, 0.29) is 6.10 Å². The van der Waals surface area contributed by atoms with Gasteiger partial charge in [0.15, 0.2) is 0 Å². The van der Waals surface area contributed by atoms with E-state index in [0.717, 1.165) is 35.9 Å². The Morgan fingerprint density at radius 3 is 2.65 bits per heavy atom. The number of rotatable bonds is 5. The largest absolute Gasteiger partial charge is 0.491 e. The van der Waals surface area contributed by atoms with Crippen molar-refractivity contribution in [2.75, 3.05) is 13.1 Å². The van der Waals surface area contributed by atoms with Gasteiger partial charge in [0.05, 0.1) is 6.10 Å². The van der Waals surface area contributed by atoms with Gasteiger partial charge in [0.1, 0.15) is 11.5 Å². The highest BCUT2D eigenvalue weighted by Gasteiger charge is 2.18. The quantitative estimate of drug-likeness (QED) is 0.798. The van der Waals surface area contributed by atoms with Crippen molar-refractivity contribution in [3.63, 3.8) is 0 Å². The molecule has 2 aliphatic heterocycles. The summed E-state index contributed by atoms with van der Waals surface area (Å²) in [5.74, 6) is 2.48. The molecule has 0 bridgehead atoms. The molecular weight excluding hydrogens is 324 g/mol. The minimum absolute atomic E-state index is 0.178. The van der Waals surface area contributed by atoms with Crippen LogP contribution in [0.5, 0.6) is 11.6 Å². The zero-order valence-corrected chi connectivity index (χ0v) is 15.6. The van der Waals surface area contributed by atoms with Crippen LogP contribution < -0.4 is 9.47 Å². The fourth-order valence-corrected chi connectivity index (χ4v) is 3.57. The van der Waals surface area contributed by atoms with Gasteiger partial charge in [0.25, 0.3) is 0 Å². The van der Waals surface area contributed by atoms with Crippen molar-refractivity contribution < 1.29 is 9.47 Å². The van der Waals surface area contributed by atoms with E-state index < -0.39 is 0 Å². The van der Waals surface area contributed by atoms with Crippen LogP contribution in [-0.2, 0) is 13.0 Å². The summed E-state index contributed by atoms with van der Waals surface area (Å²) >= 11 is 0. The lowest BCUT2D eigenvalue weighted by atomic mass is 10.1. The number of pyridine rings is 1. The summed E-state index contributed by atoms with van der Waals surface area (Å²) in [5, 5.41) is 0. The van der Waals surface area contributed by atoms with Crippen LogP contribution in [0.1, 0.15) is 43.4 Å². The fourth-order valence-electron chi connectivity index (χ4n) is 3.57. The van der Waals surface area contributed by atoms with Crippen LogP contribution in [0.25, 0.3) is 5.76 Å². The maximum Gasteiger partial charge on any atom is 0.222 e. The number of allylic oxidation sites excluding steroid dienone is 1. The molecule has 0 amide bonds. The Morgan fingerprint density at radius 2 is 1.92 bits per heavy atom. The first kappa shape index (κ1) is 17.1. The summed E-state index contributed by atoms with van der Waals surface area (Å²) in [5.41, 5.74) is 3.50. The zero-order chi connectivity index (χ0) is 17.9. The van der Waals surface area contributed by atoms with Gasteiger partial charge in [-0.05, 0) is 88.2 Å². The molecule has 1 saturated heterocycles. The van der Waals surface area contributed by atoms with Gasteiger partial charge >= 0.3 is 0 Å².